The Labute approximate surface area is 99.1 Å². The fraction of sp³-hybridized carbons (Fsp3) is 0.154. The maximum atomic E-state index is 12.9. The predicted octanol–water partition coefficient (Wildman–Crippen LogP) is 2.77. The van der Waals surface area contributed by atoms with E-state index in [1.54, 1.807) is 18.3 Å². The Morgan fingerprint density at radius 3 is 2.71 bits per heavy atom. The molecule has 0 spiro atoms. The number of rotatable bonds is 1. The second-order valence-electron chi connectivity index (χ2n) is 4.09. The highest BCUT2D eigenvalue weighted by Crippen LogP contribution is 2.37. The minimum absolute atomic E-state index is 0.220. The van der Waals surface area contributed by atoms with Gasteiger partial charge in [-0.1, -0.05) is 0 Å². The third-order valence-electron chi connectivity index (χ3n) is 2.92. The molecule has 0 unspecified atom stereocenters. The molecule has 0 aliphatic carbocycles. The van der Waals surface area contributed by atoms with Gasteiger partial charge in [0, 0.05) is 18.9 Å². The van der Waals surface area contributed by atoms with Crippen LogP contribution in [0.3, 0.4) is 0 Å². The lowest BCUT2D eigenvalue weighted by Gasteiger charge is -2.18. The molecule has 3 nitrogen and oxygen atoms in total. The van der Waals surface area contributed by atoms with Crippen LogP contribution in [0.25, 0.3) is 0 Å². The van der Waals surface area contributed by atoms with Crippen molar-refractivity contribution in [2.45, 2.75) is 0 Å². The van der Waals surface area contributed by atoms with Gasteiger partial charge in [0.05, 0.1) is 12.4 Å². The van der Waals surface area contributed by atoms with Crippen LogP contribution >= 0.6 is 0 Å². The van der Waals surface area contributed by atoms with E-state index in [-0.39, 0.29) is 5.82 Å². The van der Waals surface area contributed by atoms with Crippen molar-refractivity contribution in [1.29, 1.82) is 0 Å². The van der Waals surface area contributed by atoms with E-state index in [1.165, 1.54) is 12.1 Å². The monoisotopic (exact) mass is 229 g/mol. The Kier molecular flexibility index (Phi) is 2.21. The maximum Gasteiger partial charge on any atom is 0.158 e. The second kappa shape index (κ2) is 3.73. The van der Waals surface area contributed by atoms with Crippen LogP contribution in [0.1, 0.15) is 0 Å². The zero-order chi connectivity index (χ0) is 11.8. The summed E-state index contributed by atoms with van der Waals surface area (Å²) in [6.45, 7) is 0.734. The summed E-state index contributed by atoms with van der Waals surface area (Å²) in [7, 11) is 2.02. The first kappa shape index (κ1) is 10.1. The molecule has 0 fully saturated rings. The van der Waals surface area contributed by atoms with Crippen LogP contribution in [0.2, 0.25) is 0 Å². The number of nitrogens with zero attached hydrogens (tertiary/aromatic N) is 3. The zero-order valence-electron chi connectivity index (χ0n) is 9.47. The van der Waals surface area contributed by atoms with Gasteiger partial charge in [0.25, 0.3) is 0 Å². The number of pyridine rings is 1. The van der Waals surface area contributed by atoms with Gasteiger partial charge >= 0.3 is 0 Å². The van der Waals surface area contributed by atoms with Crippen molar-refractivity contribution in [2.24, 2.45) is 0 Å². The molecule has 0 saturated heterocycles. The molecule has 0 saturated carbocycles. The van der Waals surface area contributed by atoms with Gasteiger partial charge in [-0.05, 0) is 36.4 Å². The van der Waals surface area contributed by atoms with Crippen molar-refractivity contribution in [2.75, 3.05) is 23.5 Å². The fourth-order valence-corrected chi connectivity index (χ4v) is 2.07. The van der Waals surface area contributed by atoms with E-state index in [0.717, 1.165) is 23.9 Å². The molecule has 1 aromatic carbocycles. The van der Waals surface area contributed by atoms with Crippen LogP contribution < -0.4 is 9.80 Å². The third-order valence-corrected chi connectivity index (χ3v) is 2.92. The molecule has 0 amide bonds. The van der Waals surface area contributed by atoms with Gasteiger partial charge in [0.2, 0.25) is 0 Å². The molecule has 3 rings (SSSR count). The van der Waals surface area contributed by atoms with E-state index in [1.807, 2.05) is 19.2 Å². The highest BCUT2D eigenvalue weighted by molar-refractivity contribution is 5.78. The van der Waals surface area contributed by atoms with E-state index < -0.39 is 0 Å². The quantitative estimate of drug-likeness (QED) is 0.749. The number of benzene rings is 1. The summed E-state index contributed by atoms with van der Waals surface area (Å²) in [6.07, 6.45) is 1.77. The van der Waals surface area contributed by atoms with Crippen LogP contribution in [0.4, 0.5) is 21.6 Å². The lowest BCUT2D eigenvalue weighted by molar-refractivity contribution is 0.628. The van der Waals surface area contributed by atoms with Crippen molar-refractivity contribution in [3.8, 4) is 0 Å². The fourth-order valence-electron chi connectivity index (χ4n) is 2.07. The summed E-state index contributed by atoms with van der Waals surface area (Å²) in [5, 5.41) is 0. The molecular formula is C13H12FN3. The summed E-state index contributed by atoms with van der Waals surface area (Å²) in [4.78, 5) is 8.56. The van der Waals surface area contributed by atoms with Gasteiger partial charge in [0.1, 0.15) is 5.82 Å². The Hall–Kier alpha value is -2.10. The summed E-state index contributed by atoms with van der Waals surface area (Å²) < 4.78 is 12.9. The SMILES string of the molecule is CN1CN(c2ccc(F)cc2)c2ncccc21. The van der Waals surface area contributed by atoms with Crippen LogP contribution in [0, 0.1) is 5.82 Å². The van der Waals surface area contributed by atoms with E-state index in [4.69, 9.17) is 0 Å². The third kappa shape index (κ3) is 1.62. The molecule has 0 bridgehead atoms. The van der Waals surface area contributed by atoms with Crippen LogP contribution in [-0.4, -0.2) is 18.7 Å². The average Bonchev–Trinajstić information content (AvgIpc) is 2.69. The van der Waals surface area contributed by atoms with Crippen LogP contribution in [0.5, 0.6) is 0 Å². The molecular weight excluding hydrogens is 217 g/mol. The van der Waals surface area contributed by atoms with Gasteiger partial charge in [-0.15, -0.1) is 0 Å². The van der Waals surface area contributed by atoms with Crippen LogP contribution in [-0.2, 0) is 0 Å². The molecule has 2 aromatic rings. The number of fused-ring (bicyclic) bond motifs is 1. The van der Waals surface area contributed by atoms with Crippen LogP contribution in [0.15, 0.2) is 42.6 Å². The molecule has 4 heteroatoms. The first-order valence-corrected chi connectivity index (χ1v) is 5.45. The number of aromatic nitrogens is 1. The van der Waals surface area contributed by atoms with Gasteiger partial charge < -0.3 is 9.80 Å². The minimum atomic E-state index is -0.220. The van der Waals surface area contributed by atoms with E-state index in [9.17, 15) is 4.39 Å². The molecule has 1 aliphatic rings. The van der Waals surface area contributed by atoms with Crippen molar-refractivity contribution in [3.63, 3.8) is 0 Å². The van der Waals surface area contributed by atoms with Crippen molar-refractivity contribution in [1.82, 2.24) is 4.98 Å². The highest BCUT2D eigenvalue weighted by Gasteiger charge is 2.25. The zero-order valence-corrected chi connectivity index (χ0v) is 9.47. The van der Waals surface area contributed by atoms with Crippen molar-refractivity contribution < 1.29 is 4.39 Å². The molecule has 1 aromatic heterocycles. The summed E-state index contributed by atoms with van der Waals surface area (Å²) in [5.74, 6) is 0.698. The lowest BCUT2D eigenvalue weighted by Crippen LogP contribution is -2.24. The minimum Gasteiger partial charge on any atom is -0.354 e. The normalized spacial score (nSPS) is 14.0. The van der Waals surface area contributed by atoms with Gasteiger partial charge in [-0.2, -0.15) is 0 Å². The van der Waals surface area contributed by atoms with Gasteiger partial charge in [-0.3, -0.25) is 0 Å². The highest BCUT2D eigenvalue weighted by atomic mass is 19.1. The molecule has 0 N–H and O–H groups in total. The van der Waals surface area contributed by atoms with Crippen molar-refractivity contribution in [3.05, 3.63) is 48.4 Å². The Morgan fingerprint density at radius 2 is 1.94 bits per heavy atom. The summed E-state index contributed by atoms with van der Waals surface area (Å²) in [6, 6.07) is 10.4. The molecule has 0 atom stereocenters. The lowest BCUT2D eigenvalue weighted by atomic mass is 10.3. The molecule has 0 radical (unpaired) electrons. The number of hydrogen-bond acceptors (Lipinski definition) is 3. The largest absolute Gasteiger partial charge is 0.354 e. The second-order valence-corrected chi connectivity index (χ2v) is 4.09. The van der Waals surface area contributed by atoms with E-state index in [2.05, 4.69) is 14.8 Å². The Bertz CT molecular complexity index is 539. The molecule has 2 heterocycles. The first-order chi connectivity index (χ1) is 8.25. The topological polar surface area (TPSA) is 19.4 Å². The van der Waals surface area contributed by atoms with Gasteiger partial charge in [0.15, 0.2) is 5.82 Å². The van der Waals surface area contributed by atoms with E-state index in [0.29, 0.717) is 0 Å². The first-order valence-electron chi connectivity index (χ1n) is 5.45. The smallest absolute Gasteiger partial charge is 0.158 e. The number of hydrogen-bond donors (Lipinski definition) is 0. The van der Waals surface area contributed by atoms with Crippen molar-refractivity contribution >= 4 is 17.2 Å². The predicted molar refractivity (Wildman–Crippen MR) is 66.0 cm³/mol. The Balaban J connectivity index is 2.04. The summed E-state index contributed by atoms with van der Waals surface area (Å²) >= 11 is 0. The summed E-state index contributed by atoms with van der Waals surface area (Å²) in [5.41, 5.74) is 2.05. The number of halogens is 1. The standard InChI is InChI=1S/C13H12FN3/c1-16-9-17(11-6-4-10(14)5-7-11)13-12(16)3-2-8-15-13/h2-8H,9H2,1H3. The average molecular weight is 229 g/mol. The molecule has 86 valence electrons. The van der Waals surface area contributed by atoms with Gasteiger partial charge in [-0.25, -0.2) is 9.37 Å². The maximum absolute atomic E-state index is 12.9. The number of anilines is 3. The van der Waals surface area contributed by atoms with E-state index >= 15 is 0 Å². The Morgan fingerprint density at radius 1 is 1.18 bits per heavy atom. The molecule has 17 heavy (non-hydrogen) atoms. The molecule has 1 aliphatic heterocycles.